The molecule has 0 unspecified atom stereocenters. The second-order valence-electron chi connectivity index (χ2n) is 5.60. The number of carbonyl (C=O) groups excluding carboxylic acids is 1. The average molecular weight is 348 g/mol. The molecule has 3 aromatic rings. The highest BCUT2D eigenvalue weighted by atomic mass is 16.5. The lowest BCUT2D eigenvalue weighted by Crippen LogP contribution is -2.08. The van der Waals surface area contributed by atoms with Gasteiger partial charge >= 0.3 is 5.97 Å². The van der Waals surface area contributed by atoms with E-state index in [0.29, 0.717) is 23.7 Å². The summed E-state index contributed by atoms with van der Waals surface area (Å²) >= 11 is 0. The molecule has 0 fully saturated rings. The second-order valence-corrected chi connectivity index (χ2v) is 5.60. The van der Waals surface area contributed by atoms with Crippen LogP contribution in [0, 0.1) is 0 Å². The standard InChI is InChI=1S/C22H20O4/c1-3-25-20-10-8-17(9-11-20)16-4-6-18(7-5-16)22(23)26-21-14-12-19(24-2)13-15-21/h4-15H,3H2,1-2H3. The number of hydrogen-bond acceptors (Lipinski definition) is 4. The number of hydrogen-bond donors (Lipinski definition) is 0. The predicted molar refractivity (Wildman–Crippen MR) is 101 cm³/mol. The van der Waals surface area contributed by atoms with Crippen LogP contribution in [0.3, 0.4) is 0 Å². The molecule has 4 nitrogen and oxygen atoms in total. The summed E-state index contributed by atoms with van der Waals surface area (Å²) in [6.45, 7) is 2.60. The molecule has 0 aliphatic carbocycles. The lowest BCUT2D eigenvalue weighted by Gasteiger charge is -2.07. The summed E-state index contributed by atoms with van der Waals surface area (Å²) in [7, 11) is 1.59. The zero-order valence-electron chi connectivity index (χ0n) is 14.8. The molecule has 0 saturated heterocycles. The highest BCUT2D eigenvalue weighted by Gasteiger charge is 2.09. The molecule has 0 bridgehead atoms. The van der Waals surface area contributed by atoms with Crippen molar-refractivity contribution in [3.63, 3.8) is 0 Å². The molecule has 0 N–H and O–H groups in total. The van der Waals surface area contributed by atoms with E-state index in [1.54, 1.807) is 43.5 Å². The third kappa shape index (κ3) is 4.22. The molecule has 0 aromatic heterocycles. The molecule has 132 valence electrons. The van der Waals surface area contributed by atoms with Crippen LogP contribution < -0.4 is 14.2 Å². The maximum atomic E-state index is 12.3. The van der Waals surface area contributed by atoms with Gasteiger partial charge in [0.2, 0.25) is 0 Å². The molecule has 3 aromatic carbocycles. The molecule has 26 heavy (non-hydrogen) atoms. The Morgan fingerprint density at radius 1 is 0.731 bits per heavy atom. The first kappa shape index (κ1) is 17.5. The molecule has 0 saturated carbocycles. The molecule has 0 heterocycles. The van der Waals surface area contributed by atoms with Crippen LogP contribution in [0.5, 0.6) is 17.2 Å². The van der Waals surface area contributed by atoms with Crippen LogP contribution in [-0.2, 0) is 0 Å². The summed E-state index contributed by atoms with van der Waals surface area (Å²) < 4.78 is 15.9. The largest absolute Gasteiger partial charge is 0.497 e. The fourth-order valence-corrected chi connectivity index (χ4v) is 2.52. The van der Waals surface area contributed by atoms with E-state index in [1.807, 2.05) is 43.3 Å². The molecule has 0 aliphatic heterocycles. The molecule has 0 atom stereocenters. The van der Waals surface area contributed by atoms with Crippen molar-refractivity contribution in [2.45, 2.75) is 6.92 Å². The summed E-state index contributed by atoms with van der Waals surface area (Å²) in [6, 6.07) is 22.1. The van der Waals surface area contributed by atoms with E-state index in [1.165, 1.54) is 0 Å². The van der Waals surface area contributed by atoms with Crippen molar-refractivity contribution < 1.29 is 19.0 Å². The van der Waals surface area contributed by atoms with Crippen LogP contribution in [0.2, 0.25) is 0 Å². The summed E-state index contributed by atoms with van der Waals surface area (Å²) in [6.07, 6.45) is 0. The van der Waals surface area contributed by atoms with Crippen LogP contribution >= 0.6 is 0 Å². The number of methoxy groups -OCH3 is 1. The third-order valence-corrected chi connectivity index (χ3v) is 3.89. The predicted octanol–water partition coefficient (Wildman–Crippen LogP) is 4.98. The van der Waals surface area contributed by atoms with Gasteiger partial charge in [-0.15, -0.1) is 0 Å². The van der Waals surface area contributed by atoms with Gasteiger partial charge in [-0.1, -0.05) is 24.3 Å². The van der Waals surface area contributed by atoms with Crippen molar-refractivity contribution in [1.29, 1.82) is 0 Å². The summed E-state index contributed by atoms with van der Waals surface area (Å²) in [5.41, 5.74) is 2.58. The van der Waals surface area contributed by atoms with Crippen molar-refractivity contribution in [3.8, 4) is 28.4 Å². The maximum absolute atomic E-state index is 12.3. The van der Waals surface area contributed by atoms with Crippen molar-refractivity contribution in [2.24, 2.45) is 0 Å². The molecular formula is C22H20O4. The van der Waals surface area contributed by atoms with E-state index in [0.717, 1.165) is 16.9 Å². The highest BCUT2D eigenvalue weighted by molar-refractivity contribution is 5.91. The van der Waals surface area contributed by atoms with E-state index < -0.39 is 5.97 Å². The van der Waals surface area contributed by atoms with Gasteiger partial charge in [-0.05, 0) is 66.6 Å². The molecular weight excluding hydrogens is 328 g/mol. The molecule has 0 amide bonds. The van der Waals surface area contributed by atoms with Crippen LogP contribution in [0.1, 0.15) is 17.3 Å². The molecule has 0 radical (unpaired) electrons. The third-order valence-electron chi connectivity index (χ3n) is 3.89. The Labute approximate surface area is 153 Å². The van der Waals surface area contributed by atoms with E-state index in [4.69, 9.17) is 14.2 Å². The number of ether oxygens (including phenoxy) is 3. The number of benzene rings is 3. The number of esters is 1. The van der Waals surface area contributed by atoms with Crippen molar-refractivity contribution in [1.82, 2.24) is 0 Å². The van der Waals surface area contributed by atoms with E-state index >= 15 is 0 Å². The monoisotopic (exact) mass is 348 g/mol. The van der Waals surface area contributed by atoms with Crippen LogP contribution in [0.15, 0.2) is 72.8 Å². The van der Waals surface area contributed by atoms with Gasteiger partial charge in [0.05, 0.1) is 19.3 Å². The smallest absolute Gasteiger partial charge is 0.343 e. The van der Waals surface area contributed by atoms with Crippen LogP contribution in [0.25, 0.3) is 11.1 Å². The lowest BCUT2D eigenvalue weighted by atomic mass is 10.0. The van der Waals surface area contributed by atoms with Gasteiger partial charge in [0.1, 0.15) is 17.2 Å². The number of rotatable bonds is 6. The summed E-state index contributed by atoms with van der Waals surface area (Å²) in [5.74, 6) is 1.64. The second kappa shape index (κ2) is 8.21. The molecule has 0 aliphatic rings. The first-order valence-corrected chi connectivity index (χ1v) is 8.39. The Bertz CT molecular complexity index is 850. The van der Waals surface area contributed by atoms with Gasteiger partial charge in [-0.25, -0.2) is 4.79 Å². The van der Waals surface area contributed by atoms with E-state index in [-0.39, 0.29) is 0 Å². The zero-order chi connectivity index (χ0) is 18.4. The zero-order valence-corrected chi connectivity index (χ0v) is 14.8. The topological polar surface area (TPSA) is 44.8 Å². The first-order chi connectivity index (χ1) is 12.7. The van der Waals surface area contributed by atoms with E-state index in [9.17, 15) is 4.79 Å². The van der Waals surface area contributed by atoms with Gasteiger partial charge in [0.25, 0.3) is 0 Å². The molecule has 3 rings (SSSR count). The fraction of sp³-hybridized carbons (Fsp3) is 0.136. The Kier molecular flexibility index (Phi) is 5.54. The number of carbonyl (C=O) groups is 1. The average Bonchev–Trinajstić information content (AvgIpc) is 2.69. The van der Waals surface area contributed by atoms with Crippen molar-refractivity contribution in [2.75, 3.05) is 13.7 Å². The summed E-state index contributed by atoms with van der Waals surface area (Å²) in [5, 5.41) is 0. The van der Waals surface area contributed by atoms with Crippen LogP contribution in [0.4, 0.5) is 0 Å². The molecule has 4 heteroatoms. The Morgan fingerprint density at radius 2 is 1.23 bits per heavy atom. The molecule has 0 spiro atoms. The quantitative estimate of drug-likeness (QED) is 0.465. The van der Waals surface area contributed by atoms with Gasteiger partial charge in [-0.2, -0.15) is 0 Å². The Morgan fingerprint density at radius 3 is 1.77 bits per heavy atom. The minimum atomic E-state index is -0.395. The van der Waals surface area contributed by atoms with Crippen LogP contribution in [-0.4, -0.2) is 19.7 Å². The Balaban J connectivity index is 1.68. The van der Waals surface area contributed by atoms with Gasteiger partial charge in [-0.3, -0.25) is 0 Å². The minimum absolute atomic E-state index is 0.395. The van der Waals surface area contributed by atoms with E-state index in [2.05, 4.69) is 0 Å². The fourth-order valence-electron chi connectivity index (χ4n) is 2.52. The normalized spacial score (nSPS) is 10.2. The maximum Gasteiger partial charge on any atom is 0.343 e. The van der Waals surface area contributed by atoms with Gasteiger partial charge in [0.15, 0.2) is 0 Å². The van der Waals surface area contributed by atoms with Gasteiger partial charge in [0, 0.05) is 0 Å². The highest BCUT2D eigenvalue weighted by Crippen LogP contribution is 2.24. The SMILES string of the molecule is CCOc1ccc(-c2ccc(C(=O)Oc3ccc(OC)cc3)cc2)cc1. The van der Waals surface area contributed by atoms with Gasteiger partial charge < -0.3 is 14.2 Å². The van der Waals surface area contributed by atoms with Crippen molar-refractivity contribution in [3.05, 3.63) is 78.4 Å². The first-order valence-electron chi connectivity index (χ1n) is 8.39. The summed E-state index contributed by atoms with van der Waals surface area (Å²) in [4.78, 5) is 12.3. The Hall–Kier alpha value is -3.27. The van der Waals surface area contributed by atoms with Crippen molar-refractivity contribution >= 4 is 5.97 Å². The minimum Gasteiger partial charge on any atom is -0.497 e. The lowest BCUT2D eigenvalue weighted by molar-refractivity contribution is 0.0734.